The molecule has 2 aliphatic heterocycles. The first-order valence-corrected chi connectivity index (χ1v) is 9.65. The maximum Gasteiger partial charge on any atom is 0.237 e. The number of amides is 1. The third kappa shape index (κ3) is 4.45. The molecule has 7 heteroatoms. The van der Waals surface area contributed by atoms with E-state index in [9.17, 15) is 13.2 Å². The molecule has 1 amide bonds. The van der Waals surface area contributed by atoms with Gasteiger partial charge in [-0.3, -0.25) is 4.79 Å². The van der Waals surface area contributed by atoms with Crippen LogP contribution in [0.4, 0.5) is 0 Å². The lowest BCUT2D eigenvalue weighted by atomic mass is 10.2. The van der Waals surface area contributed by atoms with Crippen molar-refractivity contribution in [3.8, 4) is 5.75 Å². The number of carbonyl (C=O) groups is 1. The van der Waals surface area contributed by atoms with E-state index in [2.05, 4.69) is 0 Å². The van der Waals surface area contributed by atoms with Gasteiger partial charge in [0, 0.05) is 19.5 Å². The standard InChI is InChI=1S/C16H21NO5S/c18-16(17-7-1-8-17)12-23(19,20)11-13-2-4-14(5-3-13)22-15-6-9-21-10-15/h2-5,15H,1,6-12H2. The molecule has 0 N–H and O–H groups in total. The Hall–Kier alpha value is -1.60. The van der Waals surface area contributed by atoms with Gasteiger partial charge >= 0.3 is 0 Å². The van der Waals surface area contributed by atoms with E-state index in [0.717, 1.165) is 12.8 Å². The van der Waals surface area contributed by atoms with Gasteiger partial charge in [-0.15, -0.1) is 0 Å². The highest BCUT2D eigenvalue weighted by molar-refractivity contribution is 7.91. The van der Waals surface area contributed by atoms with Gasteiger partial charge in [0.2, 0.25) is 5.91 Å². The van der Waals surface area contributed by atoms with Crippen molar-refractivity contribution in [2.75, 3.05) is 32.1 Å². The molecule has 0 spiro atoms. The fourth-order valence-electron chi connectivity index (χ4n) is 2.61. The molecular weight excluding hydrogens is 318 g/mol. The maximum atomic E-state index is 12.1. The number of rotatable bonds is 6. The summed E-state index contributed by atoms with van der Waals surface area (Å²) in [5, 5.41) is 0. The Labute approximate surface area is 136 Å². The van der Waals surface area contributed by atoms with E-state index in [1.807, 2.05) is 0 Å². The number of hydrogen-bond donors (Lipinski definition) is 0. The van der Waals surface area contributed by atoms with Crippen molar-refractivity contribution in [2.45, 2.75) is 24.7 Å². The summed E-state index contributed by atoms with van der Waals surface area (Å²) >= 11 is 0. The van der Waals surface area contributed by atoms with Crippen LogP contribution in [0.1, 0.15) is 18.4 Å². The molecule has 2 saturated heterocycles. The first kappa shape index (κ1) is 16.3. The zero-order valence-electron chi connectivity index (χ0n) is 12.9. The van der Waals surface area contributed by atoms with Crippen molar-refractivity contribution >= 4 is 15.7 Å². The lowest BCUT2D eigenvalue weighted by Crippen LogP contribution is -2.44. The van der Waals surface area contributed by atoms with Gasteiger partial charge in [0.15, 0.2) is 9.84 Å². The number of carbonyl (C=O) groups excluding carboxylic acids is 1. The minimum absolute atomic E-state index is 0.0683. The molecule has 0 aliphatic carbocycles. The van der Waals surface area contributed by atoms with Crippen LogP contribution in [-0.2, 0) is 25.1 Å². The van der Waals surface area contributed by atoms with Crippen LogP contribution in [-0.4, -0.2) is 57.4 Å². The SMILES string of the molecule is O=C(CS(=O)(=O)Cc1ccc(OC2CCOC2)cc1)N1CCC1. The molecule has 6 nitrogen and oxygen atoms in total. The molecule has 2 aliphatic rings. The van der Waals surface area contributed by atoms with E-state index in [4.69, 9.17) is 9.47 Å². The van der Waals surface area contributed by atoms with Crippen molar-refractivity contribution < 1.29 is 22.7 Å². The Bertz CT molecular complexity index is 646. The zero-order chi connectivity index (χ0) is 16.3. The molecule has 126 valence electrons. The smallest absolute Gasteiger partial charge is 0.237 e. The predicted molar refractivity (Wildman–Crippen MR) is 85.0 cm³/mol. The number of likely N-dealkylation sites (tertiary alicyclic amines) is 1. The Kier molecular flexibility index (Phi) is 4.87. The van der Waals surface area contributed by atoms with Gasteiger partial charge in [0.1, 0.15) is 17.6 Å². The van der Waals surface area contributed by atoms with Crippen molar-refractivity contribution in [3.63, 3.8) is 0 Å². The van der Waals surface area contributed by atoms with Gasteiger partial charge in [-0.05, 0) is 24.1 Å². The molecule has 1 unspecified atom stereocenters. The van der Waals surface area contributed by atoms with Crippen LogP contribution in [0.5, 0.6) is 5.75 Å². The van der Waals surface area contributed by atoms with Gasteiger partial charge in [-0.1, -0.05) is 12.1 Å². The number of hydrogen-bond acceptors (Lipinski definition) is 5. The summed E-state index contributed by atoms with van der Waals surface area (Å²) in [7, 11) is -3.44. The lowest BCUT2D eigenvalue weighted by molar-refractivity contribution is -0.131. The first-order chi connectivity index (χ1) is 11.0. The van der Waals surface area contributed by atoms with Gasteiger partial charge in [0.05, 0.1) is 19.0 Å². The summed E-state index contributed by atoms with van der Waals surface area (Å²) in [6.45, 7) is 2.65. The Morgan fingerprint density at radius 2 is 2.00 bits per heavy atom. The van der Waals surface area contributed by atoms with Crippen LogP contribution in [0.2, 0.25) is 0 Å². The van der Waals surface area contributed by atoms with Gasteiger partial charge in [-0.2, -0.15) is 0 Å². The highest BCUT2D eigenvalue weighted by Gasteiger charge is 2.25. The van der Waals surface area contributed by atoms with E-state index in [0.29, 0.717) is 37.6 Å². The number of ether oxygens (including phenoxy) is 2. The van der Waals surface area contributed by atoms with Gasteiger partial charge < -0.3 is 14.4 Å². The van der Waals surface area contributed by atoms with Crippen LogP contribution in [0, 0.1) is 0 Å². The second-order valence-corrected chi connectivity index (χ2v) is 8.08. The minimum atomic E-state index is -3.44. The zero-order valence-corrected chi connectivity index (χ0v) is 13.8. The van der Waals surface area contributed by atoms with Crippen LogP contribution in [0.25, 0.3) is 0 Å². The second kappa shape index (κ2) is 6.88. The molecule has 0 aromatic heterocycles. The molecule has 0 bridgehead atoms. The summed E-state index contributed by atoms with van der Waals surface area (Å²) in [6, 6.07) is 6.99. The van der Waals surface area contributed by atoms with E-state index >= 15 is 0 Å². The highest BCUT2D eigenvalue weighted by Crippen LogP contribution is 2.19. The molecule has 1 aromatic rings. The summed E-state index contributed by atoms with van der Waals surface area (Å²) < 4.78 is 35.2. The molecule has 0 radical (unpaired) electrons. The Morgan fingerprint density at radius 1 is 1.26 bits per heavy atom. The summed E-state index contributed by atoms with van der Waals surface area (Å²) in [5.74, 6) is -0.125. The number of benzene rings is 1. The van der Waals surface area contributed by atoms with E-state index in [-0.39, 0.29) is 17.8 Å². The second-order valence-electron chi connectivity index (χ2n) is 6.01. The fraction of sp³-hybridized carbons (Fsp3) is 0.562. The van der Waals surface area contributed by atoms with Crippen LogP contribution in [0.15, 0.2) is 24.3 Å². The van der Waals surface area contributed by atoms with Crippen molar-refractivity contribution in [1.29, 1.82) is 0 Å². The summed E-state index contributed by atoms with van der Waals surface area (Å²) in [5.41, 5.74) is 0.663. The number of nitrogens with zero attached hydrogens (tertiary/aromatic N) is 1. The average molecular weight is 339 g/mol. The monoisotopic (exact) mass is 339 g/mol. The van der Waals surface area contributed by atoms with E-state index in [1.165, 1.54) is 0 Å². The normalized spacial score (nSPS) is 21.0. The largest absolute Gasteiger partial charge is 0.488 e. The number of sulfone groups is 1. The highest BCUT2D eigenvalue weighted by atomic mass is 32.2. The average Bonchev–Trinajstić information content (AvgIpc) is 2.90. The molecule has 1 aromatic carbocycles. The molecular formula is C16H21NO5S. The van der Waals surface area contributed by atoms with E-state index < -0.39 is 15.6 Å². The third-order valence-electron chi connectivity index (χ3n) is 4.05. The van der Waals surface area contributed by atoms with Crippen LogP contribution >= 0.6 is 0 Å². The lowest BCUT2D eigenvalue weighted by Gasteiger charge is -2.30. The van der Waals surface area contributed by atoms with Gasteiger partial charge in [-0.25, -0.2) is 8.42 Å². The predicted octanol–water partition coefficient (Wildman–Crippen LogP) is 1.00. The molecule has 23 heavy (non-hydrogen) atoms. The molecule has 0 saturated carbocycles. The Balaban J connectivity index is 1.55. The summed E-state index contributed by atoms with van der Waals surface area (Å²) in [6.07, 6.45) is 1.90. The van der Waals surface area contributed by atoms with Crippen molar-refractivity contribution in [2.24, 2.45) is 0 Å². The molecule has 1 atom stereocenters. The molecule has 3 rings (SSSR count). The third-order valence-corrected chi connectivity index (χ3v) is 5.51. The fourth-order valence-corrected chi connectivity index (χ4v) is 3.97. The van der Waals surface area contributed by atoms with Crippen LogP contribution < -0.4 is 4.74 Å². The van der Waals surface area contributed by atoms with Crippen LogP contribution in [0.3, 0.4) is 0 Å². The molecule has 2 heterocycles. The van der Waals surface area contributed by atoms with E-state index in [1.54, 1.807) is 29.2 Å². The first-order valence-electron chi connectivity index (χ1n) is 7.83. The maximum absolute atomic E-state index is 12.1. The van der Waals surface area contributed by atoms with Crippen molar-refractivity contribution in [1.82, 2.24) is 4.90 Å². The minimum Gasteiger partial charge on any atom is -0.488 e. The Morgan fingerprint density at radius 3 is 2.57 bits per heavy atom. The topological polar surface area (TPSA) is 72.9 Å². The molecule has 2 fully saturated rings. The summed E-state index contributed by atoms with van der Waals surface area (Å²) in [4.78, 5) is 13.4. The van der Waals surface area contributed by atoms with Gasteiger partial charge in [0.25, 0.3) is 0 Å². The quantitative estimate of drug-likeness (QED) is 0.773. The van der Waals surface area contributed by atoms with Crippen molar-refractivity contribution in [3.05, 3.63) is 29.8 Å².